The summed E-state index contributed by atoms with van der Waals surface area (Å²) in [6.45, 7) is 0. The highest BCUT2D eigenvalue weighted by atomic mass is 35.5. The van der Waals surface area contributed by atoms with E-state index in [1.54, 1.807) is 23.9 Å². The number of nitrogens with one attached hydrogen (secondary N) is 2. The van der Waals surface area contributed by atoms with Gasteiger partial charge in [0.15, 0.2) is 0 Å². The van der Waals surface area contributed by atoms with Gasteiger partial charge in [-0.1, -0.05) is 48.5 Å². The first kappa shape index (κ1) is 29.1. The first-order chi connectivity index (χ1) is 18.6. The Hall–Kier alpha value is -2.90. The molecule has 1 aliphatic heterocycles. The van der Waals surface area contributed by atoms with E-state index >= 15 is 0 Å². The zero-order valence-electron chi connectivity index (χ0n) is 20.7. The lowest BCUT2D eigenvalue weighted by Crippen LogP contribution is -2.40. The lowest BCUT2D eigenvalue weighted by Gasteiger charge is -2.21. The van der Waals surface area contributed by atoms with Crippen molar-refractivity contribution in [1.29, 1.82) is 0 Å². The SMILES string of the molecule is COC(=O)[C@@H](Cc1ccccc1)C(=O)N[C@@H](Cc1ccc(NS(=O)(=O)O)cc1)c1csc(C2SC=CC2Cl)n1. The van der Waals surface area contributed by atoms with Crippen LogP contribution in [-0.2, 0) is 37.5 Å². The number of hydrogen-bond donors (Lipinski definition) is 3. The van der Waals surface area contributed by atoms with Gasteiger partial charge in [-0.2, -0.15) is 8.42 Å². The quantitative estimate of drug-likeness (QED) is 0.124. The molecule has 0 fully saturated rings. The molecule has 0 bridgehead atoms. The van der Waals surface area contributed by atoms with Crippen molar-refractivity contribution < 1.29 is 27.3 Å². The van der Waals surface area contributed by atoms with E-state index in [1.165, 1.54) is 30.6 Å². The van der Waals surface area contributed by atoms with Crippen molar-refractivity contribution >= 4 is 62.6 Å². The molecule has 0 spiro atoms. The van der Waals surface area contributed by atoms with Gasteiger partial charge in [0.1, 0.15) is 10.9 Å². The lowest BCUT2D eigenvalue weighted by molar-refractivity contribution is -0.150. The monoisotopic (exact) mass is 607 g/mol. The van der Waals surface area contributed by atoms with Gasteiger partial charge in [-0.3, -0.25) is 18.9 Å². The highest BCUT2D eigenvalue weighted by molar-refractivity contribution is 8.02. The molecule has 206 valence electrons. The topological polar surface area (TPSA) is 135 Å². The number of nitrogens with zero attached hydrogens (tertiary/aromatic N) is 1. The Morgan fingerprint density at radius 3 is 2.41 bits per heavy atom. The number of carbonyl (C=O) groups excluding carboxylic acids is 2. The molecule has 13 heteroatoms. The van der Waals surface area contributed by atoms with Crippen LogP contribution in [0.4, 0.5) is 5.69 Å². The molecule has 2 heterocycles. The van der Waals surface area contributed by atoms with Crippen LogP contribution in [0.3, 0.4) is 0 Å². The number of hydrogen-bond acceptors (Lipinski definition) is 8. The highest BCUT2D eigenvalue weighted by Gasteiger charge is 2.32. The van der Waals surface area contributed by atoms with Crippen molar-refractivity contribution in [2.45, 2.75) is 29.5 Å². The zero-order chi connectivity index (χ0) is 28.0. The second-order valence-electron chi connectivity index (χ2n) is 8.75. The minimum Gasteiger partial charge on any atom is -0.468 e. The fourth-order valence-corrected chi connectivity index (χ4v) is 7.07. The second-order valence-corrected chi connectivity index (χ2v) is 12.3. The van der Waals surface area contributed by atoms with Crippen molar-refractivity contribution in [2.24, 2.45) is 5.92 Å². The number of thiazole rings is 1. The number of benzene rings is 2. The molecule has 4 atom stereocenters. The average molecular weight is 608 g/mol. The third-order valence-corrected chi connectivity index (χ3v) is 9.22. The summed E-state index contributed by atoms with van der Waals surface area (Å²) in [4.78, 5) is 30.9. The molecule has 0 aliphatic carbocycles. The van der Waals surface area contributed by atoms with E-state index in [4.69, 9.17) is 25.9 Å². The summed E-state index contributed by atoms with van der Waals surface area (Å²) in [5, 5.41) is 7.38. The molecular weight excluding hydrogens is 582 g/mol. The molecule has 3 aromatic rings. The van der Waals surface area contributed by atoms with Crippen LogP contribution >= 0.6 is 34.7 Å². The average Bonchev–Trinajstić information content (AvgIpc) is 3.56. The van der Waals surface area contributed by atoms with Crippen molar-refractivity contribution in [3.8, 4) is 0 Å². The fourth-order valence-electron chi connectivity index (χ4n) is 4.04. The largest absolute Gasteiger partial charge is 0.468 e. The van der Waals surface area contributed by atoms with E-state index in [9.17, 15) is 18.0 Å². The fraction of sp³-hybridized carbons (Fsp3) is 0.269. The summed E-state index contributed by atoms with van der Waals surface area (Å²) in [6.07, 6.45) is 2.38. The summed E-state index contributed by atoms with van der Waals surface area (Å²) in [5.74, 6) is -2.21. The Morgan fingerprint density at radius 1 is 1.10 bits per heavy atom. The van der Waals surface area contributed by atoms with Gasteiger partial charge in [0.05, 0.1) is 35.2 Å². The third kappa shape index (κ3) is 8.05. The maximum absolute atomic E-state index is 13.5. The van der Waals surface area contributed by atoms with Gasteiger partial charge in [-0.25, -0.2) is 4.98 Å². The van der Waals surface area contributed by atoms with Crippen molar-refractivity contribution in [3.63, 3.8) is 0 Å². The Morgan fingerprint density at radius 2 is 1.79 bits per heavy atom. The summed E-state index contributed by atoms with van der Waals surface area (Å²) in [6, 6.07) is 15.0. The standard InChI is InChI=1S/C26H26ClN3O6S3/c1-36-26(32)19(13-16-5-3-2-4-6-16)24(31)28-21(14-17-7-9-18(10-8-17)30-39(33,34)35)22-15-38-25(29-22)23-20(27)11-12-37-23/h2-12,15,19-21,23,30H,13-14H2,1H3,(H,28,31)(H,33,34,35)/t19-,20?,21-,23?/m0/s1. The number of esters is 1. The van der Waals surface area contributed by atoms with Crippen LogP contribution in [0.5, 0.6) is 0 Å². The first-order valence-electron chi connectivity index (χ1n) is 11.8. The summed E-state index contributed by atoms with van der Waals surface area (Å²) < 4.78 is 38.2. The van der Waals surface area contributed by atoms with Crippen molar-refractivity contribution in [2.75, 3.05) is 11.8 Å². The van der Waals surface area contributed by atoms with Gasteiger partial charge in [-0.15, -0.1) is 34.7 Å². The number of halogens is 1. The molecule has 39 heavy (non-hydrogen) atoms. The number of rotatable bonds is 11. The Balaban J connectivity index is 1.59. The lowest BCUT2D eigenvalue weighted by atomic mass is 9.97. The number of amides is 1. The minimum absolute atomic E-state index is 0.0338. The van der Waals surface area contributed by atoms with Crippen molar-refractivity contribution in [3.05, 3.63) is 93.3 Å². The molecule has 0 saturated heterocycles. The number of ether oxygens (including phenoxy) is 1. The van der Waals surface area contributed by atoms with Gasteiger partial charge in [0.25, 0.3) is 0 Å². The summed E-state index contributed by atoms with van der Waals surface area (Å²) in [7, 11) is -3.16. The van der Waals surface area contributed by atoms with Gasteiger partial charge < -0.3 is 10.1 Å². The van der Waals surface area contributed by atoms with Gasteiger partial charge in [0.2, 0.25) is 5.91 Å². The van der Waals surface area contributed by atoms with E-state index in [1.807, 2.05) is 51.9 Å². The number of methoxy groups -OCH3 is 1. The van der Waals surface area contributed by atoms with Crippen molar-refractivity contribution in [1.82, 2.24) is 10.3 Å². The van der Waals surface area contributed by atoms with Crippen LogP contribution in [0.2, 0.25) is 0 Å². The van der Waals surface area contributed by atoms with Gasteiger partial charge in [-0.05, 0) is 41.5 Å². The number of anilines is 1. The minimum atomic E-state index is -4.41. The predicted octanol–water partition coefficient (Wildman–Crippen LogP) is 4.70. The highest BCUT2D eigenvalue weighted by Crippen LogP contribution is 2.43. The molecule has 4 rings (SSSR count). The van der Waals surface area contributed by atoms with E-state index in [0.717, 1.165) is 16.1 Å². The number of aromatic nitrogens is 1. The van der Waals surface area contributed by atoms with Crippen LogP contribution in [0.25, 0.3) is 0 Å². The van der Waals surface area contributed by atoms with Crippen LogP contribution in [0.15, 0.2) is 71.5 Å². The molecule has 0 saturated carbocycles. The van der Waals surface area contributed by atoms with E-state index in [-0.39, 0.29) is 22.7 Å². The first-order valence-corrected chi connectivity index (χ1v) is 15.5. The maximum atomic E-state index is 13.5. The molecule has 1 aliphatic rings. The van der Waals surface area contributed by atoms with Crippen LogP contribution in [0.1, 0.15) is 33.1 Å². The second kappa shape index (κ2) is 13.0. The van der Waals surface area contributed by atoms with Gasteiger partial charge >= 0.3 is 16.3 Å². The van der Waals surface area contributed by atoms with Gasteiger partial charge in [0, 0.05) is 5.38 Å². The van der Waals surface area contributed by atoms with Crippen LogP contribution < -0.4 is 10.0 Å². The van der Waals surface area contributed by atoms with Crippen LogP contribution in [-0.4, -0.2) is 42.3 Å². The van der Waals surface area contributed by atoms with E-state index in [2.05, 4.69) is 5.32 Å². The third-order valence-electron chi connectivity index (χ3n) is 5.96. The molecule has 0 radical (unpaired) electrons. The smallest absolute Gasteiger partial charge is 0.357 e. The molecule has 9 nitrogen and oxygen atoms in total. The predicted molar refractivity (Wildman–Crippen MR) is 153 cm³/mol. The number of carbonyl (C=O) groups is 2. The maximum Gasteiger partial charge on any atom is 0.357 e. The van der Waals surface area contributed by atoms with E-state index < -0.39 is 34.1 Å². The molecule has 2 aromatic carbocycles. The Labute approximate surface area is 239 Å². The normalized spacial score (nSPS) is 18.3. The molecule has 3 N–H and O–H groups in total. The number of thioether (sulfide) groups is 1. The Kier molecular flexibility index (Phi) is 9.67. The zero-order valence-corrected chi connectivity index (χ0v) is 23.9. The van der Waals surface area contributed by atoms with Crippen LogP contribution in [0, 0.1) is 5.92 Å². The molecule has 2 unspecified atom stereocenters. The molecular formula is C26H26ClN3O6S3. The molecule has 1 aromatic heterocycles. The number of allylic oxidation sites excluding steroid dienone is 1. The number of alkyl halides is 1. The summed E-state index contributed by atoms with van der Waals surface area (Å²) >= 11 is 9.44. The molecule has 1 amide bonds. The summed E-state index contributed by atoms with van der Waals surface area (Å²) in [5.41, 5.74) is 2.38. The van der Waals surface area contributed by atoms with E-state index in [0.29, 0.717) is 12.1 Å². The Bertz CT molecular complexity index is 1430.